The van der Waals surface area contributed by atoms with E-state index in [4.69, 9.17) is 16.3 Å². The summed E-state index contributed by atoms with van der Waals surface area (Å²) in [6, 6.07) is 1.73. The Morgan fingerprint density at radius 1 is 1.39 bits per heavy atom. The average molecular weight is 273 g/mol. The smallest absolute Gasteiger partial charge is 0.158 e. The highest BCUT2D eigenvalue weighted by Gasteiger charge is 2.03. The van der Waals surface area contributed by atoms with E-state index < -0.39 is 0 Å². The van der Waals surface area contributed by atoms with Crippen molar-refractivity contribution < 1.29 is 4.74 Å². The highest BCUT2D eigenvalue weighted by molar-refractivity contribution is 6.29. The van der Waals surface area contributed by atoms with Gasteiger partial charge in [0.05, 0.1) is 0 Å². The lowest BCUT2D eigenvalue weighted by Gasteiger charge is -2.11. The molecule has 5 nitrogen and oxygen atoms in total. The third kappa shape index (κ3) is 6.14. The molecule has 0 amide bonds. The summed E-state index contributed by atoms with van der Waals surface area (Å²) in [6.07, 6.45) is 1.05. The van der Waals surface area contributed by atoms with Gasteiger partial charge in [-0.2, -0.15) is 0 Å². The van der Waals surface area contributed by atoms with Crippen LogP contribution in [0.2, 0.25) is 5.15 Å². The molecule has 0 saturated heterocycles. The SMILES string of the molecule is CCOCc1nc(Cl)cc(NCCCN(C)C)n1. The molecule has 0 aliphatic carbocycles. The van der Waals surface area contributed by atoms with E-state index in [1.165, 1.54) is 0 Å². The minimum atomic E-state index is 0.392. The van der Waals surface area contributed by atoms with Crippen molar-refractivity contribution in [2.45, 2.75) is 20.0 Å². The quantitative estimate of drug-likeness (QED) is 0.580. The molecule has 1 rings (SSSR count). The molecule has 0 saturated carbocycles. The van der Waals surface area contributed by atoms with Crippen molar-refractivity contribution in [3.63, 3.8) is 0 Å². The van der Waals surface area contributed by atoms with Crippen molar-refractivity contribution in [2.24, 2.45) is 0 Å². The van der Waals surface area contributed by atoms with E-state index in [0.717, 1.165) is 25.3 Å². The van der Waals surface area contributed by atoms with E-state index in [2.05, 4.69) is 34.3 Å². The van der Waals surface area contributed by atoms with Crippen LogP contribution < -0.4 is 5.32 Å². The summed E-state index contributed by atoms with van der Waals surface area (Å²) < 4.78 is 5.27. The first-order valence-electron chi connectivity index (χ1n) is 6.11. The lowest BCUT2D eigenvalue weighted by Crippen LogP contribution is -2.17. The molecule has 0 aliphatic rings. The molecule has 0 aliphatic heterocycles. The standard InChI is InChI=1S/C12H21ClN4O/c1-4-18-9-12-15-10(13)8-11(16-12)14-6-5-7-17(2)3/h8H,4-7,9H2,1-3H3,(H,14,15,16). The van der Waals surface area contributed by atoms with Crippen LogP contribution in [0.25, 0.3) is 0 Å². The van der Waals surface area contributed by atoms with Crippen LogP contribution >= 0.6 is 11.6 Å². The van der Waals surface area contributed by atoms with E-state index in [1.807, 2.05) is 6.92 Å². The number of ether oxygens (including phenoxy) is 1. The summed E-state index contributed by atoms with van der Waals surface area (Å²) in [4.78, 5) is 10.6. The predicted molar refractivity (Wildman–Crippen MR) is 74.0 cm³/mol. The minimum Gasteiger partial charge on any atom is -0.374 e. The molecule has 102 valence electrons. The molecule has 1 aromatic heterocycles. The van der Waals surface area contributed by atoms with Crippen molar-refractivity contribution in [1.29, 1.82) is 0 Å². The van der Waals surface area contributed by atoms with Gasteiger partial charge in [-0.1, -0.05) is 11.6 Å². The fourth-order valence-electron chi connectivity index (χ4n) is 1.42. The van der Waals surface area contributed by atoms with Gasteiger partial charge in [0.25, 0.3) is 0 Å². The van der Waals surface area contributed by atoms with Gasteiger partial charge in [-0.05, 0) is 34.0 Å². The Morgan fingerprint density at radius 3 is 2.83 bits per heavy atom. The fraction of sp³-hybridized carbons (Fsp3) is 0.667. The molecule has 1 aromatic rings. The highest BCUT2D eigenvalue weighted by atomic mass is 35.5. The Labute approximate surface area is 114 Å². The maximum atomic E-state index is 5.94. The monoisotopic (exact) mass is 272 g/mol. The summed E-state index contributed by atoms with van der Waals surface area (Å²) in [5.41, 5.74) is 0. The van der Waals surface area contributed by atoms with Gasteiger partial charge in [0, 0.05) is 19.2 Å². The van der Waals surface area contributed by atoms with Crippen LogP contribution in [0.15, 0.2) is 6.07 Å². The second kappa shape index (κ2) is 8.24. The molecule has 0 spiro atoms. The topological polar surface area (TPSA) is 50.3 Å². The van der Waals surface area contributed by atoms with Gasteiger partial charge in [-0.25, -0.2) is 9.97 Å². The lowest BCUT2D eigenvalue weighted by molar-refractivity contribution is 0.128. The molecule has 0 bridgehead atoms. The number of hydrogen-bond donors (Lipinski definition) is 1. The van der Waals surface area contributed by atoms with Crippen molar-refractivity contribution in [3.05, 3.63) is 17.0 Å². The molecule has 18 heavy (non-hydrogen) atoms. The van der Waals surface area contributed by atoms with E-state index in [1.54, 1.807) is 6.07 Å². The van der Waals surface area contributed by atoms with Crippen molar-refractivity contribution >= 4 is 17.4 Å². The van der Waals surface area contributed by atoms with Crippen molar-refractivity contribution in [2.75, 3.05) is 39.1 Å². The zero-order valence-electron chi connectivity index (χ0n) is 11.2. The number of rotatable bonds is 8. The molecule has 0 unspecified atom stereocenters. The number of halogens is 1. The second-order valence-electron chi connectivity index (χ2n) is 4.21. The number of hydrogen-bond acceptors (Lipinski definition) is 5. The van der Waals surface area contributed by atoms with E-state index in [9.17, 15) is 0 Å². The molecule has 0 atom stereocenters. The number of aromatic nitrogens is 2. The van der Waals surface area contributed by atoms with E-state index in [-0.39, 0.29) is 0 Å². The molecule has 0 aromatic carbocycles. The lowest BCUT2D eigenvalue weighted by atomic mass is 10.4. The van der Waals surface area contributed by atoms with E-state index in [0.29, 0.717) is 24.2 Å². The Bertz CT molecular complexity index is 360. The molecular formula is C12H21ClN4O. The van der Waals surface area contributed by atoms with Crippen LogP contribution in [0.4, 0.5) is 5.82 Å². The first-order chi connectivity index (χ1) is 8.61. The van der Waals surface area contributed by atoms with Gasteiger partial charge in [0.2, 0.25) is 0 Å². The molecule has 0 radical (unpaired) electrons. The maximum Gasteiger partial charge on any atom is 0.158 e. The predicted octanol–water partition coefficient (Wildman–Crippen LogP) is 2.03. The number of anilines is 1. The first-order valence-corrected chi connectivity index (χ1v) is 6.49. The Balaban J connectivity index is 2.46. The van der Waals surface area contributed by atoms with Gasteiger partial charge in [0.15, 0.2) is 5.82 Å². The molecule has 0 fully saturated rings. The number of nitrogens with zero attached hydrogens (tertiary/aromatic N) is 3. The Kier molecular flexibility index (Phi) is 6.93. The Hall–Kier alpha value is -0.910. The van der Waals surface area contributed by atoms with Gasteiger partial charge in [-0.15, -0.1) is 0 Å². The van der Waals surface area contributed by atoms with Gasteiger partial charge in [0.1, 0.15) is 17.6 Å². The molecule has 6 heteroatoms. The van der Waals surface area contributed by atoms with Crippen LogP contribution in [-0.4, -0.2) is 48.7 Å². The first kappa shape index (κ1) is 15.1. The van der Waals surface area contributed by atoms with Gasteiger partial charge in [-0.3, -0.25) is 0 Å². The van der Waals surface area contributed by atoms with Crippen LogP contribution in [0.5, 0.6) is 0 Å². The zero-order valence-corrected chi connectivity index (χ0v) is 12.0. The summed E-state index contributed by atoms with van der Waals surface area (Å²) in [5, 5.41) is 3.68. The van der Waals surface area contributed by atoms with Crippen LogP contribution in [0.3, 0.4) is 0 Å². The summed E-state index contributed by atoms with van der Waals surface area (Å²) >= 11 is 5.94. The third-order valence-electron chi connectivity index (χ3n) is 2.26. The molecule has 1 heterocycles. The molecular weight excluding hydrogens is 252 g/mol. The minimum absolute atomic E-state index is 0.392. The van der Waals surface area contributed by atoms with E-state index >= 15 is 0 Å². The maximum absolute atomic E-state index is 5.94. The van der Waals surface area contributed by atoms with Crippen LogP contribution in [0.1, 0.15) is 19.2 Å². The van der Waals surface area contributed by atoms with Crippen LogP contribution in [-0.2, 0) is 11.3 Å². The largest absolute Gasteiger partial charge is 0.374 e. The summed E-state index contributed by atoms with van der Waals surface area (Å²) in [7, 11) is 4.11. The summed E-state index contributed by atoms with van der Waals surface area (Å²) in [5.74, 6) is 1.36. The normalized spacial score (nSPS) is 10.9. The van der Waals surface area contributed by atoms with Gasteiger partial charge < -0.3 is 15.0 Å². The highest BCUT2D eigenvalue weighted by Crippen LogP contribution is 2.12. The van der Waals surface area contributed by atoms with Crippen LogP contribution in [0, 0.1) is 0 Å². The Morgan fingerprint density at radius 2 is 2.17 bits per heavy atom. The average Bonchev–Trinajstić information content (AvgIpc) is 2.31. The third-order valence-corrected chi connectivity index (χ3v) is 2.46. The van der Waals surface area contributed by atoms with Crippen molar-refractivity contribution in [1.82, 2.24) is 14.9 Å². The summed E-state index contributed by atoms with van der Waals surface area (Å²) in [6.45, 7) is 4.87. The fourth-order valence-corrected chi connectivity index (χ4v) is 1.63. The second-order valence-corrected chi connectivity index (χ2v) is 4.60. The van der Waals surface area contributed by atoms with Crippen molar-refractivity contribution in [3.8, 4) is 0 Å². The zero-order chi connectivity index (χ0) is 13.4. The molecule has 1 N–H and O–H groups in total. The van der Waals surface area contributed by atoms with Gasteiger partial charge >= 0.3 is 0 Å². The number of nitrogens with one attached hydrogen (secondary N) is 1.